The van der Waals surface area contributed by atoms with Gasteiger partial charge in [-0.1, -0.05) is 133 Å². The number of aromatic nitrogens is 1. The molecule has 7 aromatic carbocycles. The Labute approximate surface area is 291 Å². The molecule has 1 unspecified atom stereocenters. The zero-order valence-corrected chi connectivity index (χ0v) is 27.2. The molecule has 0 fully saturated rings. The van der Waals surface area contributed by atoms with E-state index in [2.05, 4.69) is 89.5 Å². The minimum absolute atomic E-state index is 0.429. The van der Waals surface area contributed by atoms with Crippen LogP contribution >= 0.6 is 0 Å². The Morgan fingerprint density at radius 3 is 2.14 bits per heavy atom. The van der Waals surface area contributed by atoms with Crippen molar-refractivity contribution in [3.63, 3.8) is 0 Å². The number of hydrogen-bond donors (Lipinski definition) is 0. The van der Waals surface area contributed by atoms with Crippen LogP contribution in [0.1, 0.15) is 22.9 Å². The van der Waals surface area contributed by atoms with E-state index in [1.54, 1.807) is 0 Å². The number of para-hydroxylation sites is 2. The first-order valence-electron chi connectivity index (χ1n) is 17.1. The number of rotatable bonds is 4. The van der Waals surface area contributed by atoms with Crippen LogP contribution in [-0.2, 0) is 0 Å². The second kappa shape index (κ2) is 10.8. The lowest BCUT2D eigenvalue weighted by atomic mass is 10.0. The zero-order valence-electron chi connectivity index (χ0n) is 27.2. The van der Waals surface area contributed by atoms with Crippen LogP contribution in [0.5, 0.6) is 0 Å². The van der Waals surface area contributed by atoms with Gasteiger partial charge in [0.15, 0.2) is 11.2 Å². The van der Waals surface area contributed by atoms with Gasteiger partial charge in [-0.2, -0.15) is 0 Å². The summed E-state index contributed by atoms with van der Waals surface area (Å²) in [6.45, 7) is 0. The molecule has 6 nitrogen and oxygen atoms in total. The predicted octanol–water partition coefficient (Wildman–Crippen LogP) is 11.9. The highest BCUT2D eigenvalue weighted by Crippen LogP contribution is 2.44. The fourth-order valence-electron chi connectivity index (χ4n) is 7.72. The van der Waals surface area contributed by atoms with E-state index in [-0.39, 0.29) is 0 Å². The average molecular weight is 656 g/mol. The van der Waals surface area contributed by atoms with Crippen molar-refractivity contribution in [2.75, 3.05) is 0 Å². The van der Waals surface area contributed by atoms with Crippen LogP contribution in [0.3, 0.4) is 0 Å². The first-order valence-corrected chi connectivity index (χ1v) is 17.1. The van der Waals surface area contributed by atoms with Gasteiger partial charge in [-0.25, -0.2) is 0 Å². The molecule has 1 aliphatic heterocycles. The van der Waals surface area contributed by atoms with Crippen molar-refractivity contribution >= 4 is 77.4 Å². The number of benzene rings is 7. The summed E-state index contributed by atoms with van der Waals surface area (Å²) in [6, 6.07) is 53.9. The van der Waals surface area contributed by atoms with E-state index in [1.807, 2.05) is 72.8 Å². The van der Waals surface area contributed by atoms with Crippen LogP contribution in [0.4, 0.5) is 0 Å². The van der Waals surface area contributed by atoms with Crippen LogP contribution in [0.25, 0.3) is 76.7 Å². The van der Waals surface area contributed by atoms with E-state index in [9.17, 15) is 0 Å². The number of furan rings is 2. The number of hydrogen-bond acceptors (Lipinski definition) is 4. The largest absolute Gasteiger partial charge is 0.454 e. The van der Waals surface area contributed by atoms with Crippen LogP contribution in [0.2, 0.25) is 0 Å². The summed E-state index contributed by atoms with van der Waals surface area (Å²) in [4.78, 5) is 10.2. The van der Waals surface area contributed by atoms with Crippen molar-refractivity contribution in [2.45, 2.75) is 6.17 Å². The molecule has 0 spiro atoms. The minimum atomic E-state index is -0.429. The van der Waals surface area contributed by atoms with Gasteiger partial charge >= 0.3 is 0 Å². The van der Waals surface area contributed by atoms with E-state index in [4.69, 9.17) is 24.1 Å². The molecule has 240 valence electrons. The smallest absolute Gasteiger partial charge is 0.162 e. The Kier molecular flexibility index (Phi) is 5.92. The zero-order chi connectivity index (χ0) is 33.5. The third kappa shape index (κ3) is 4.17. The van der Waals surface area contributed by atoms with Crippen LogP contribution in [-0.4, -0.2) is 16.2 Å². The summed E-state index contributed by atoms with van der Waals surface area (Å²) in [7, 11) is 0. The predicted molar refractivity (Wildman–Crippen MR) is 207 cm³/mol. The van der Waals surface area contributed by atoms with E-state index in [0.29, 0.717) is 11.7 Å². The summed E-state index contributed by atoms with van der Waals surface area (Å²) in [5.41, 5.74) is 9.14. The molecule has 6 heteroatoms. The molecule has 4 heterocycles. The maximum Gasteiger partial charge on any atom is 0.162 e. The van der Waals surface area contributed by atoms with Gasteiger partial charge in [-0.05, 0) is 52.2 Å². The average Bonchev–Trinajstić information content (AvgIpc) is 3.87. The van der Waals surface area contributed by atoms with Crippen molar-refractivity contribution in [3.05, 3.63) is 180 Å². The van der Waals surface area contributed by atoms with Crippen LogP contribution in [0.15, 0.2) is 177 Å². The fraction of sp³-hybridized carbons (Fsp3) is 0.0222. The fourth-order valence-corrected chi connectivity index (χ4v) is 7.72. The molecule has 0 bridgehead atoms. The van der Waals surface area contributed by atoms with Crippen LogP contribution < -0.4 is 0 Å². The molecule has 0 amide bonds. The maximum atomic E-state index is 6.86. The Bertz CT molecular complexity index is 3060. The quantitative estimate of drug-likeness (QED) is 0.189. The second-order valence-electron chi connectivity index (χ2n) is 12.9. The molecule has 10 aromatic rings. The van der Waals surface area contributed by atoms with E-state index >= 15 is 0 Å². The van der Waals surface area contributed by atoms with Gasteiger partial charge in [0, 0.05) is 21.7 Å². The molecule has 0 aliphatic carbocycles. The Morgan fingerprint density at radius 1 is 0.549 bits per heavy atom. The molecule has 0 saturated heterocycles. The number of fused-ring (bicyclic) bond motifs is 10. The number of aliphatic imine (C=N–C) groups is 2. The normalized spacial score (nSPS) is 14.9. The highest BCUT2D eigenvalue weighted by atomic mass is 16.3. The molecule has 0 saturated carbocycles. The van der Waals surface area contributed by atoms with Crippen molar-refractivity contribution in [2.24, 2.45) is 9.98 Å². The lowest BCUT2D eigenvalue weighted by Crippen LogP contribution is -2.16. The lowest BCUT2D eigenvalue weighted by molar-refractivity contribution is 0.666. The molecular formula is C45H27N4O2-. The Hall–Kier alpha value is -6.92. The van der Waals surface area contributed by atoms with Crippen molar-refractivity contribution < 1.29 is 8.83 Å². The third-order valence-corrected chi connectivity index (χ3v) is 9.98. The summed E-state index contributed by atoms with van der Waals surface area (Å²) in [6.07, 6.45) is -0.429. The van der Waals surface area contributed by atoms with Crippen molar-refractivity contribution in [1.29, 1.82) is 0 Å². The first kappa shape index (κ1) is 28.0. The molecule has 0 radical (unpaired) electrons. The minimum Gasteiger partial charge on any atom is -0.454 e. The highest BCUT2D eigenvalue weighted by molar-refractivity contribution is 6.27. The SMILES string of the molecule is c1ccc(C2=NC(c3cccc4oc5c(-n6c7ccc8ccccc8c7c7oc8ccccc8c76)cccc5c34)=NC(c3ccccc3)[N-]2)cc1. The summed E-state index contributed by atoms with van der Waals surface area (Å²) in [5.74, 6) is 1.28. The van der Waals surface area contributed by atoms with Gasteiger partial charge in [-0.15, -0.1) is 0 Å². The molecule has 11 rings (SSSR count). The van der Waals surface area contributed by atoms with Gasteiger partial charge in [0.2, 0.25) is 0 Å². The van der Waals surface area contributed by atoms with Gasteiger partial charge in [0.05, 0.1) is 28.6 Å². The third-order valence-electron chi connectivity index (χ3n) is 9.98. The van der Waals surface area contributed by atoms with Crippen molar-refractivity contribution in [1.82, 2.24) is 4.57 Å². The molecule has 51 heavy (non-hydrogen) atoms. The van der Waals surface area contributed by atoms with Crippen molar-refractivity contribution in [3.8, 4) is 5.69 Å². The van der Waals surface area contributed by atoms with E-state index in [1.165, 1.54) is 5.39 Å². The topological polar surface area (TPSA) is 70.0 Å². The molecule has 3 aromatic heterocycles. The monoisotopic (exact) mass is 655 g/mol. The van der Waals surface area contributed by atoms with E-state index < -0.39 is 6.17 Å². The maximum absolute atomic E-state index is 6.86. The van der Waals surface area contributed by atoms with E-state index in [0.717, 1.165) is 82.7 Å². The standard InChI is InChI=1S/C45H27N4O2/c1-3-14-28(15-4-1)43-46-44(29-16-5-2-6-17-29)48-45(47-43)33-21-12-24-37-38(33)32-20-11-22-35(41(32)51-37)49-34-26-25-27-13-7-8-18-30(27)39(34)42-40(49)31-19-9-10-23-36(31)50-42/h1-26,43H/q-1. The molecule has 1 atom stereocenters. The molecular weight excluding hydrogens is 629 g/mol. The van der Waals surface area contributed by atoms with Gasteiger partial charge in [0.1, 0.15) is 16.7 Å². The second-order valence-corrected chi connectivity index (χ2v) is 12.9. The number of nitrogens with zero attached hydrogens (tertiary/aromatic N) is 4. The number of amidine groups is 2. The van der Waals surface area contributed by atoms with Gasteiger partial charge in [-0.3, -0.25) is 4.99 Å². The summed E-state index contributed by atoms with van der Waals surface area (Å²) < 4.78 is 15.8. The lowest BCUT2D eigenvalue weighted by Gasteiger charge is -2.32. The highest BCUT2D eigenvalue weighted by Gasteiger charge is 2.24. The Balaban J connectivity index is 1.19. The van der Waals surface area contributed by atoms with Crippen LogP contribution in [0, 0.1) is 0 Å². The molecule has 0 N–H and O–H groups in total. The first-order chi connectivity index (χ1) is 25.3. The summed E-state index contributed by atoms with van der Waals surface area (Å²) in [5, 5.41) is 11.4. The summed E-state index contributed by atoms with van der Waals surface area (Å²) >= 11 is 0. The van der Waals surface area contributed by atoms with Gasteiger partial charge < -0.3 is 23.7 Å². The molecule has 1 aliphatic rings. The Morgan fingerprint density at radius 2 is 1.25 bits per heavy atom. The van der Waals surface area contributed by atoms with Gasteiger partial charge in [0.25, 0.3) is 0 Å².